The van der Waals surface area contributed by atoms with Crippen molar-refractivity contribution in [3.63, 3.8) is 0 Å². The number of hydrogen-bond acceptors (Lipinski definition) is 8. The van der Waals surface area contributed by atoms with Crippen LogP contribution in [0.15, 0.2) is 24.0 Å². The van der Waals surface area contributed by atoms with E-state index in [1.165, 1.54) is 35.5 Å². The highest BCUT2D eigenvalue weighted by molar-refractivity contribution is 6.17. The summed E-state index contributed by atoms with van der Waals surface area (Å²) in [5.41, 5.74) is 7.25. The van der Waals surface area contributed by atoms with Crippen LogP contribution in [0.25, 0.3) is 6.08 Å². The normalized spacial score (nSPS) is 13.8. The summed E-state index contributed by atoms with van der Waals surface area (Å²) in [4.78, 5) is 13.0. The van der Waals surface area contributed by atoms with Crippen molar-refractivity contribution in [1.29, 1.82) is 0 Å². The Bertz CT molecular complexity index is 966. The number of nitrogen functional groups attached to an aromatic ring is 1. The Morgan fingerprint density at radius 2 is 1.46 bits per heavy atom. The van der Waals surface area contributed by atoms with Gasteiger partial charge in [-0.3, -0.25) is 4.79 Å². The van der Waals surface area contributed by atoms with E-state index in [0.29, 0.717) is 17.0 Å². The number of hydrogen-bond donors (Lipinski definition) is 1. The van der Waals surface area contributed by atoms with Crippen molar-refractivity contribution in [2.24, 2.45) is 0 Å². The third kappa shape index (κ3) is 2.92. The molecule has 1 aliphatic heterocycles. The number of rotatable bonds is 6. The van der Waals surface area contributed by atoms with Gasteiger partial charge in [-0.1, -0.05) is 6.07 Å². The van der Waals surface area contributed by atoms with Gasteiger partial charge in [0.2, 0.25) is 23.0 Å². The molecule has 8 heteroatoms. The molecular weight excluding hydrogens is 366 g/mol. The second-order valence-electron chi connectivity index (χ2n) is 5.78. The first kappa shape index (κ1) is 19.2. The van der Waals surface area contributed by atoms with Gasteiger partial charge in [-0.15, -0.1) is 0 Å². The number of carbonyl (C=O) groups is 1. The van der Waals surface area contributed by atoms with Crippen LogP contribution < -0.4 is 34.2 Å². The molecule has 0 fully saturated rings. The van der Waals surface area contributed by atoms with E-state index in [9.17, 15) is 4.79 Å². The standard InChI is InChI=1S/C20H21NO7/c1-23-12-7-6-10(8-11(12)21)9-13-15(22)14-16(24-2)18(25-3)20(27-5)19(26-4)17(14)28-13/h6-9H,21H2,1-5H3/b13-9-. The van der Waals surface area contributed by atoms with E-state index in [1.54, 1.807) is 24.3 Å². The van der Waals surface area contributed by atoms with Crippen LogP contribution >= 0.6 is 0 Å². The molecule has 2 aromatic carbocycles. The fourth-order valence-electron chi connectivity index (χ4n) is 3.06. The number of nitrogens with two attached hydrogens (primary N) is 1. The van der Waals surface area contributed by atoms with Crippen molar-refractivity contribution in [3.8, 4) is 34.5 Å². The predicted molar refractivity (Wildman–Crippen MR) is 103 cm³/mol. The third-order valence-corrected chi connectivity index (χ3v) is 4.31. The molecule has 0 aliphatic carbocycles. The summed E-state index contributed by atoms with van der Waals surface area (Å²) < 4.78 is 32.6. The molecule has 0 saturated heterocycles. The number of benzene rings is 2. The molecule has 148 valence electrons. The van der Waals surface area contributed by atoms with Crippen molar-refractivity contribution in [2.75, 3.05) is 41.3 Å². The largest absolute Gasteiger partial charge is 0.495 e. The Hall–Kier alpha value is -3.55. The van der Waals surface area contributed by atoms with Crippen LogP contribution in [-0.4, -0.2) is 41.3 Å². The minimum atomic E-state index is -0.375. The molecule has 0 saturated carbocycles. The van der Waals surface area contributed by atoms with Gasteiger partial charge in [-0.2, -0.15) is 0 Å². The van der Waals surface area contributed by atoms with E-state index in [2.05, 4.69) is 0 Å². The molecule has 0 aromatic heterocycles. The number of Topliss-reactive ketones (excluding diaryl/α,β-unsaturated/α-hetero) is 1. The van der Waals surface area contributed by atoms with E-state index in [-0.39, 0.29) is 45.9 Å². The number of ketones is 1. The number of anilines is 1. The number of carbonyl (C=O) groups excluding carboxylic acids is 1. The van der Waals surface area contributed by atoms with Gasteiger partial charge in [0.1, 0.15) is 11.3 Å². The minimum absolute atomic E-state index is 0.0893. The third-order valence-electron chi connectivity index (χ3n) is 4.31. The summed E-state index contributed by atoms with van der Waals surface area (Å²) in [7, 11) is 7.32. The molecule has 1 aliphatic rings. The van der Waals surface area contributed by atoms with Crippen LogP contribution in [0.4, 0.5) is 5.69 Å². The fraction of sp³-hybridized carbons (Fsp3) is 0.250. The summed E-state index contributed by atoms with van der Waals surface area (Å²) in [5.74, 6) is 1.42. The molecule has 0 spiro atoms. The molecule has 28 heavy (non-hydrogen) atoms. The summed E-state index contributed by atoms with van der Waals surface area (Å²) in [6.07, 6.45) is 1.58. The van der Waals surface area contributed by atoms with Gasteiger partial charge in [-0.05, 0) is 23.8 Å². The number of methoxy groups -OCH3 is 5. The van der Waals surface area contributed by atoms with Crippen LogP contribution in [0.5, 0.6) is 34.5 Å². The monoisotopic (exact) mass is 387 g/mol. The average molecular weight is 387 g/mol. The zero-order valence-electron chi connectivity index (χ0n) is 16.2. The first-order chi connectivity index (χ1) is 13.5. The van der Waals surface area contributed by atoms with Crippen molar-refractivity contribution in [2.45, 2.75) is 0 Å². The van der Waals surface area contributed by atoms with Crippen molar-refractivity contribution < 1.29 is 33.2 Å². The molecule has 3 rings (SSSR count). The van der Waals surface area contributed by atoms with Gasteiger partial charge < -0.3 is 34.2 Å². The lowest BCUT2D eigenvalue weighted by atomic mass is 10.1. The van der Waals surface area contributed by atoms with Crippen LogP contribution in [0.2, 0.25) is 0 Å². The molecule has 0 atom stereocenters. The lowest BCUT2D eigenvalue weighted by molar-refractivity contribution is 0.101. The molecule has 2 aromatic rings. The SMILES string of the molecule is COc1ccc(/C=C2\Oc3c(OC)c(OC)c(OC)c(OC)c3C2=O)cc1N. The topological polar surface area (TPSA) is 98.5 Å². The van der Waals surface area contributed by atoms with Crippen LogP contribution in [0.1, 0.15) is 15.9 Å². The summed E-state index contributed by atoms with van der Waals surface area (Å²) >= 11 is 0. The predicted octanol–water partition coefficient (Wildman–Crippen LogP) is 2.93. The minimum Gasteiger partial charge on any atom is -0.495 e. The Balaban J connectivity index is 2.15. The second kappa shape index (κ2) is 7.59. The second-order valence-corrected chi connectivity index (χ2v) is 5.78. The van der Waals surface area contributed by atoms with Crippen LogP contribution in [0, 0.1) is 0 Å². The first-order valence-corrected chi connectivity index (χ1v) is 8.28. The lowest BCUT2D eigenvalue weighted by Crippen LogP contribution is -2.03. The maximum Gasteiger partial charge on any atom is 0.236 e. The van der Waals surface area contributed by atoms with Gasteiger partial charge in [0, 0.05) is 0 Å². The van der Waals surface area contributed by atoms with Gasteiger partial charge >= 0.3 is 0 Å². The maximum absolute atomic E-state index is 13.0. The zero-order valence-corrected chi connectivity index (χ0v) is 16.2. The van der Waals surface area contributed by atoms with E-state index < -0.39 is 0 Å². The highest BCUT2D eigenvalue weighted by atomic mass is 16.6. The van der Waals surface area contributed by atoms with Crippen molar-refractivity contribution in [3.05, 3.63) is 35.1 Å². The number of allylic oxidation sites excluding steroid dienone is 1. The molecular formula is C20H21NO7. The molecule has 0 radical (unpaired) electrons. The quantitative estimate of drug-likeness (QED) is 0.597. The van der Waals surface area contributed by atoms with Gasteiger partial charge in [0.05, 0.1) is 41.2 Å². The molecule has 0 amide bonds. The Kier molecular flexibility index (Phi) is 5.21. The van der Waals surface area contributed by atoms with E-state index in [0.717, 1.165) is 0 Å². The van der Waals surface area contributed by atoms with E-state index in [4.69, 9.17) is 34.2 Å². The molecule has 2 N–H and O–H groups in total. The molecule has 0 bridgehead atoms. The molecule has 8 nitrogen and oxygen atoms in total. The smallest absolute Gasteiger partial charge is 0.236 e. The Labute approximate surface area is 162 Å². The maximum atomic E-state index is 13.0. The Morgan fingerprint density at radius 3 is 2.00 bits per heavy atom. The van der Waals surface area contributed by atoms with Gasteiger partial charge in [0.25, 0.3) is 0 Å². The average Bonchev–Trinajstić information content (AvgIpc) is 3.02. The summed E-state index contributed by atoms with van der Waals surface area (Å²) in [5, 5.41) is 0. The Morgan fingerprint density at radius 1 is 0.857 bits per heavy atom. The summed E-state index contributed by atoms with van der Waals surface area (Å²) in [6, 6.07) is 5.15. The number of fused-ring (bicyclic) bond motifs is 1. The zero-order chi connectivity index (χ0) is 20.4. The van der Waals surface area contributed by atoms with E-state index >= 15 is 0 Å². The van der Waals surface area contributed by atoms with Crippen molar-refractivity contribution >= 4 is 17.5 Å². The van der Waals surface area contributed by atoms with Crippen LogP contribution in [0.3, 0.4) is 0 Å². The fourth-order valence-corrected chi connectivity index (χ4v) is 3.06. The first-order valence-electron chi connectivity index (χ1n) is 8.28. The van der Waals surface area contributed by atoms with Crippen molar-refractivity contribution in [1.82, 2.24) is 0 Å². The highest BCUT2D eigenvalue weighted by Gasteiger charge is 2.39. The highest BCUT2D eigenvalue weighted by Crippen LogP contribution is 2.56. The van der Waals surface area contributed by atoms with Crippen LogP contribution in [-0.2, 0) is 0 Å². The number of ether oxygens (including phenoxy) is 6. The lowest BCUT2D eigenvalue weighted by Gasteiger charge is -2.17. The summed E-state index contributed by atoms with van der Waals surface area (Å²) in [6.45, 7) is 0. The van der Waals surface area contributed by atoms with Gasteiger partial charge in [-0.25, -0.2) is 0 Å². The van der Waals surface area contributed by atoms with E-state index in [1.807, 2.05) is 0 Å². The molecule has 0 unspecified atom stereocenters. The van der Waals surface area contributed by atoms with Gasteiger partial charge in [0.15, 0.2) is 17.3 Å². The molecule has 1 heterocycles.